The summed E-state index contributed by atoms with van der Waals surface area (Å²) in [6.07, 6.45) is 4.74. The van der Waals surface area contributed by atoms with E-state index in [2.05, 4.69) is 10.1 Å². The van der Waals surface area contributed by atoms with Gasteiger partial charge in [0.25, 0.3) is 0 Å². The number of nitrogens with one attached hydrogen (secondary N) is 1. The Bertz CT molecular complexity index is 1020. The Balaban J connectivity index is 2.17. The lowest BCUT2D eigenvalue weighted by atomic mass is 9.71. The molecule has 1 N–H and O–H groups in total. The predicted octanol–water partition coefficient (Wildman–Crippen LogP) is 3.22. The van der Waals surface area contributed by atoms with E-state index in [9.17, 15) is 24.0 Å². The number of esters is 1. The van der Waals surface area contributed by atoms with Gasteiger partial charge in [0.05, 0.1) is 0 Å². The Morgan fingerprint density at radius 1 is 1.06 bits per heavy atom. The number of hydrogen-bond acceptors (Lipinski definition) is 6. The van der Waals surface area contributed by atoms with Gasteiger partial charge in [0.2, 0.25) is 11.7 Å². The van der Waals surface area contributed by atoms with Crippen molar-refractivity contribution in [1.82, 2.24) is 5.32 Å². The minimum atomic E-state index is -1.07. The first kappa shape index (κ1) is 28.1. The number of rotatable bonds is 10. The van der Waals surface area contributed by atoms with Crippen LogP contribution in [0.1, 0.15) is 86.0 Å². The Kier molecular flexibility index (Phi) is 9.60. The largest absolute Gasteiger partial charge is 0.461 e. The van der Waals surface area contributed by atoms with Gasteiger partial charge >= 0.3 is 12.2 Å². The van der Waals surface area contributed by atoms with Crippen molar-refractivity contribution in [3.05, 3.63) is 27.8 Å². The predicted molar refractivity (Wildman–Crippen MR) is 128 cm³/mol. The zero-order chi connectivity index (χ0) is 26.3. The minimum Gasteiger partial charge on any atom is -0.461 e. The van der Waals surface area contributed by atoms with E-state index in [1.165, 1.54) is 0 Å². The van der Waals surface area contributed by atoms with Crippen LogP contribution < -0.4 is 5.32 Å². The second kappa shape index (κ2) is 12.0. The number of ether oxygens (including phenoxy) is 1. The Hall–Kier alpha value is -3.19. The van der Waals surface area contributed by atoms with Gasteiger partial charge in [0.1, 0.15) is 12.1 Å². The van der Waals surface area contributed by atoms with Crippen molar-refractivity contribution in [2.45, 2.75) is 98.1 Å². The van der Waals surface area contributed by atoms with Gasteiger partial charge in [0.15, 0.2) is 11.6 Å². The van der Waals surface area contributed by atoms with E-state index >= 15 is 0 Å². The molecule has 1 amide bonds. The third kappa shape index (κ3) is 7.15. The van der Waals surface area contributed by atoms with Gasteiger partial charge in [-0.2, -0.15) is 4.79 Å². The summed E-state index contributed by atoms with van der Waals surface area (Å²) in [6.45, 7) is 8.22. The normalized spacial score (nSPS) is 18.2. The number of allylic oxidation sites excluding steroid dienone is 4. The van der Waals surface area contributed by atoms with Crippen molar-refractivity contribution in [3.63, 3.8) is 0 Å². The van der Waals surface area contributed by atoms with Crippen molar-refractivity contribution in [3.8, 4) is 0 Å². The summed E-state index contributed by atoms with van der Waals surface area (Å²) in [5, 5.41) is 2.66. The number of carbonyl (C=O) groups is 5. The van der Waals surface area contributed by atoms with Crippen LogP contribution in [0, 0.1) is 5.41 Å². The molecule has 0 saturated heterocycles. The molecule has 9 heteroatoms. The summed E-state index contributed by atoms with van der Waals surface area (Å²) >= 11 is 0. The first-order valence-electron chi connectivity index (χ1n) is 12.1. The van der Waals surface area contributed by atoms with Gasteiger partial charge in [0, 0.05) is 40.5 Å². The van der Waals surface area contributed by atoms with Crippen LogP contribution >= 0.6 is 0 Å². The molecular formula is C26H35N3O6. The van der Waals surface area contributed by atoms with Crippen molar-refractivity contribution >= 4 is 35.4 Å². The first-order chi connectivity index (χ1) is 16.4. The Labute approximate surface area is 206 Å². The molecule has 1 unspecified atom stereocenters. The Morgan fingerprint density at radius 2 is 1.66 bits per heavy atom. The molecule has 190 valence electrons. The first-order valence-corrected chi connectivity index (χ1v) is 12.1. The van der Waals surface area contributed by atoms with E-state index in [0.717, 1.165) is 38.3 Å². The maximum Gasteiger partial charge on any atom is 0.328 e. The maximum atomic E-state index is 13.0. The second-order valence-corrected chi connectivity index (χ2v) is 10.0. The molecule has 1 atom stereocenters. The lowest BCUT2D eigenvalue weighted by Crippen LogP contribution is -2.45. The number of nitrogens with zero attached hydrogens (tertiary/aromatic N) is 2. The van der Waals surface area contributed by atoms with Crippen molar-refractivity contribution in [2.24, 2.45) is 5.41 Å². The summed E-state index contributed by atoms with van der Waals surface area (Å²) in [6, 6.07) is -1.07. The topological polar surface area (TPSA) is 143 Å². The second-order valence-electron chi connectivity index (χ2n) is 10.0. The highest BCUT2D eigenvalue weighted by molar-refractivity contribution is 6.25. The average molecular weight is 486 g/mol. The van der Waals surface area contributed by atoms with Gasteiger partial charge in [-0.15, -0.1) is 0 Å². The quantitative estimate of drug-likeness (QED) is 0.165. The van der Waals surface area contributed by atoms with Crippen molar-refractivity contribution in [1.29, 1.82) is 0 Å². The molecule has 0 aromatic heterocycles. The third-order valence-electron chi connectivity index (χ3n) is 6.80. The van der Waals surface area contributed by atoms with Gasteiger partial charge in [-0.05, 0) is 52.9 Å². The number of hydrogen-bond donors (Lipinski definition) is 1. The Morgan fingerprint density at radius 3 is 2.26 bits per heavy atom. The van der Waals surface area contributed by atoms with Crippen LogP contribution in [0.3, 0.4) is 0 Å². The zero-order valence-corrected chi connectivity index (χ0v) is 21.2. The van der Waals surface area contributed by atoms with Crippen molar-refractivity contribution < 1.29 is 33.5 Å². The number of Topliss-reactive ketones (excluding diaryl/α,β-unsaturated/α-hetero) is 3. The minimum absolute atomic E-state index is 0.0250. The fourth-order valence-corrected chi connectivity index (χ4v) is 4.74. The van der Waals surface area contributed by atoms with Crippen LogP contribution in [0.2, 0.25) is 0 Å². The molecule has 35 heavy (non-hydrogen) atoms. The van der Waals surface area contributed by atoms with Gasteiger partial charge < -0.3 is 15.6 Å². The standard InChI is InChI=1S/C26H35N3O6/c1-15-16(2)24(33)22(17(3)23(15)32)26(4,5)13-21(31)29-20(12-11-18(30)14-28-27)25(34)35-19-9-7-6-8-10-19/h14,19-20H,6-13H2,1-5H3,(H,29,31). The molecule has 0 bridgehead atoms. The average Bonchev–Trinajstić information content (AvgIpc) is 2.79. The van der Waals surface area contributed by atoms with E-state index < -0.39 is 29.1 Å². The fourth-order valence-electron chi connectivity index (χ4n) is 4.74. The molecule has 0 radical (unpaired) electrons. The molecule has 2 aliphatic rings. The number of carbonyl (C=O) groups excluding carboxylic acids is 5. The molecule has 0 heterocycles. The number of amides is 1. The highest BCUT2D eigenvalue weighted by Crippen LogP contribution is 2.38. The fraction of sp³-hybridized carbons (Fsp3) is 0.615. The van der Waals surface area contributed by atoms with Crippen LogP contribution in [0.5, 0.6) is 0 Å². The third-order valence-corrected chi connectivity index (χ3v) is 6.80. The summed E-state index contributed by atoms with van der Waals surface area (Å²) in [5.74, 6) is -2.11. The highest BCUT2D eigenvalue weighted by Gasteiger charge is 2.39. The molecule has 1 fully saturated rings. The van der Waals surface area contributed by atoms with Gasteiger partial charge in [-0.3, -0.25) is 19.2 Å². The lowest BCUT2D eigenvalue weighted by molar-refractivity contribution is -0.154. The van der Waals surface area contributed by atoms with Crippen LogP contribution in [-0.4, -0.2) is 52.4 Å². The van der Waals surface area contributed by atoms with Crippen LogP contribution in [0.15, 0.2) is 22.3 Å². The molecule has 2 rings (SSSR count). The molecule has 0 aromatic rings. The molecule has 1 saturated carbocycles. The summed E-state index contributed by atoms with van der Waals surface area (Å²) < 4.78 is 5.60. The summed E-state index contributed by atoms with van der Waals surface area (Å²) in [7, 11) is 0. The van der Waals surface area contributed by atoms with E-state index in [1.807, 2.05) is 0 Å². The molecular weight excluding hydrogens is 450 g/mol. The van der Waals surface area contributed by atoms with Crippen molar-refractivity contribution in [2.75, 3.05) is 0 Å². The zero-order valence-electron chi connectivity index (χ0n) is 21.2. The lowest BCUT2D eigenvalue weighted by Gasteiger charge is -2.32. The molecule has 0 aliphatic heterocycles. The summed E-state index contributed by atoms with van der Waals surface area (Å²) in [4.78, 5) is 65.9. The van der Waals surface area contributed by atoms with E-state index in [0.29, 0.717) is 16.7 Å². The smallest absolute Gasteiger partial charge is 0.328 e. The van der Waals surface area contributed by atoms with Crippen LogP contribution in [0.4, 0.5) is 0 Å². The van der Waals surface area contributed by atoms with E-state index in [1.54, 1.807) is 34.6 Å². The maximum absolute atomic E-state index is 13.0. The van der Waals surface area contributed by atoms with E-state index in [-0.39, 0.29) is 42.5 Å². The van der Waals surface area contributed by atoms with Crippen LogP contribution in [0.25, 0.3) is 5.53 Å². The van der Waals surface area contributed by atoms with Gasteiger partial charge in [-0.1, -0.05) is 20.3 Å². The number of ketones is 3. The van der Waals surface area contributed by atoms with Gasteiger partial charge in [-0.25, -0.2) is 4.79 Å². The molecule has 0 aromatic carbocycles. The molecule has 9 nitrogen and oxygen atoms in total. The molecule has 2 aliphatic carbocycles. The van der Waals surface area contributed by atoms with E-state index in [4.69, 9.17) is 10.3 Å². The SMILES string of the molecule is CC1=C(C)C(=O)C(C(C)(C)CC(=O)NC(CCC(=O)C=[N+]=[N-])C(=O)OC2CCCCC2)=C(C)C1=O. The molecule has 0 spiro atoms. The monoisotopic (exact) mass is 485 g/mol. The highest BCUT2D eigenvalue weighted by atomic mass is 16.5. The van der Waals surface area contributed by atoms with Crippen LogP contribution in [-0.2, 0) is 28.7 Å². The summed E-state index contributed by atoms with van der Waals surface area (Å²) in [5.41, 5.74) is 8.95.